The number of hydrogen-bond acceptors (Lipinski definition) is 3. The molecule has 166 valence electrons. The summed E-state index contributed by atoms with van der Waals surface area (Å²) in [6.45, 7) is 2.16. The predicted molar refractivity (Wildman–Crippen MR) is 107 cm³/mol. The van der Waals surface area contributed by atoms with Gasteiger partial charge >= 0.3 is 12.2 Å². The molecule has 0 aliphatic carbocycles. The average Bonchev–Trinajstić information content (AvgIpc) is 2.68. The largest absolute Gasteiger partial charge is 0.401 e. The first-order chi connectivity index (χ1) is 14.1. The van der Waals surface area contributed by atoms with Crippen LogP contribution in [0.1, 0.15) is 31.4 Å². The molecule has 3 amide bonds. The third-order valence-corrected chi connectivity index (χ3v) is 6.03. The van der Waals surface area contributed by atoms with Gasteiger partial charge in [0.15, 0.2) is 0 Å². The summed E-state index contributed by atoms with van der Waals surface area (Å²) in [6, 6.07) is 5.79. The molecule has 1 aromatic rings. The molecule has 2 saturated heterocycles. The Morgan fingerprint density at radius 1 is 1.23 bits per heavy atom. The minimum Gasteiger partial charge on any atom is -0.353 e. The number of amides is 3. The Kier molecular flexibility index (Phi) is 7.13. The average molecular weight is 447 g/mol. The van der Waals surface area contributed by atoms with E-state index in [2.05, 4.69) is 10.6 Å². The fraction of sp³-hybridized carbons (Fsp3) is 0.600. The highest BCUT2D eigenvalue weighted by Gasteiger charge is 2.36. The summed E-state index contributed by atoms with van der Waals surface area (Å²) >= 11 is 5.99. The van der Waals surface area contributed by atoms with E-state index in [0.717, 1.165) is 5.56 Å². The van der Waals surface area contributed by atoms with Crippen molar-refractivity contribution in [1.29, 1.82) is 0 Å². The van der Waals surface area contributed by atoms with E-state index in [1.165, 1.54) is 9.80 Å². The van der Waals surface area contributed by atoms with Crippen LogP contribution < -0.4 is 10.6 Å². The predicted octanol–water partition coefficient (Wildman–Crippen LogP) is 3.19. The standard InChI is InChI=1S/C20H26ClF3N4O2/c1-13-18(29)25-8-11-28(13)19(30)26-17(14-2-4-16(21)5-3-14)15-6-9-27(10-7-15)12-20(22,23)24/h2-5,13,15,17H,6-12H2,1H3,(H,25,29)(H,26,30)/t13-,17-/m1/s1. The second-order valence-electron chi connectivity index (χ2n) is 7.87. The first-order valence-corrected chi connectivity index (χ1v) is 10.4. The fourth-order valence-corrected chi connectivity index (χ4v) is 4.24. The number of nitrogens with zero attached hydrogens (tertiary/aromatic N) is 2. The number of urea groups is 1. The molecule has 6 nitrogen and oxygen atoms in total. The monoisotopic (exact) mass is 446 g/mol. The normalized spacial score (nSPS) is 22.5. The molecule has 2 atom stereocenters. The van der Waals surface area contributed by atoms with Crippen molar-refractivity contribution in [1.82, 2.24) is 20.4 Å². The summed E-state index contributed by atoms with van der Waals surface area (Å²) in [6.07, 6.45) is -3.17. The molecular formula is C20H26ClF3N4O2. The maximum Gasteiger partial charge on any atom is 0.401 e. The molecule has 2 fully saturated rings. The number of nitrogens with one attached hydrogen (secondary N) is 2. The fourth-order valence-electron chi connectivity index (χ4n) is 4.12. The van der Waals surface area contributed by atoms with Gasteiger partial charge in [-0.05, 0) is 56.5 Å². The maximum atomic E-state index is 12.9. The molecule has 10 heteroatoms. The third kappa shape index (κ3) is 5.78. The number of alkyl halides is 3. The lowest BCUT2D eigenvalue weighted by Crippen LogP contribution is -2.59. The summed E-state index contributed by atoms with van der Waals surface area (Å²) in [7, 11) is 0. The van der Waals surface area contributed by atoms with Crippen LogP contribution in [0.3, 0.4) is 0 Å². The van der Waals surface area contributed by atoms with Gasteiger partial charge in [0.25, 0.3) is 0 Å². The van der Waals surface area contributed by atoms with Crippen LogP contribution in [0.5, 0.6) is 0 Å². The van der Waals surface area contributed by atoms with Gasteiger partial charge in [-0.3, -0.25) is 9.69 Å². The molecule has 0 spiro atoms. The minimum atomic E-state index is -4.22. The van der Waals surface area contributed by atoms with Crippen molar-refractivity contribution < 1.29 is 22.8 Å². The number of rotatable bonds is 4. The molecule has 0 aromatic heterocycles. The zero-order valence-corrected chi connectivity index (χ0v) is 17.5. The molecule has 2 heterocycles. The number of likely N-dealkylation sites (tertiary alicyclic amines) is 1. The van der Waals surface area contributed by atoms with E-state index in [4.69, 9.17) is 11.6 Å². The number of piperidine rings is 1. The van der Waals surface area contributed by atoms with Crippen LogP contribution in [-0.2, 0) is 4.79 Å². The summed E-state index contributed by atoms with van der Waals surface area (Å²) in [5.74, 6) is -0.228. The van der Waals surface area contributed by atoms with Gasteiger partial charge in [-0.15, -0.1) is 0 Å². The van der Waals surface area contributed by atoms with Crippen molar-refractivity contribution in [2.24, 2.45) is 5.92 Å². The van der Waals surface area contributed by atoms with E-state index < -0.39 is 18.8 Å². The maximum absolute atomic E-state index is 12.9. The molecule has 0 saturated carbocycles. The highest BCUT2D eigenvalue weighted by molar-refractivity contribution is 6.30. The van der Waals surface area contributed by atoms with Gasteiger partial charge in [0, 0.05) is 18.1 Å². The second-order valence-corrected chi connectivity index (χ2v) is 8.30. The van der Waals surface area contributed by atoms with Crippen LogP contribution in [0.15, 0.2) is 24.3 Å². The second kappa shape index (κ2) is 9.43. The number of carbonyl (C=O) groups is 2. The van der Waals surface area contributed by atoms with Gasteiger partial charge in [-0.2, -0.15) is 13.2 Å². The highest BCUT2D eigenvalue weighted by atomic mass is 35.5. The first kappa shape index (κ1) is 22.7. The third-order valence-electron chi connectivity index (χ3n) is 5.77. The van der Waals surface area contributed by atoms with E-state index in [1.54, 1.807) is 19.1 Å². The summed E-state index contributed by atoms with van der Waals surface area (Å²) < 4.78 is 38.1. The molecule has 0 unspecified atom stereocenters. The van der Waals surface area contributed by atoms with Gasteiger partial charge in [-0.25, -0.2) is 4.79 Å². The van der Waals surface area contributed by atoms with E-state index >= 15 is 0 Å². The smallest absolute Gasteiger partial charge is 0.353 e. The van der Waals surface area contributed by atoms with Crippen molar-refractivity contribution in [3.8, 4) is 0 Å². The number of benzene rings is 1. The Hall–Kier alpha value is -2.00. The minimum absolute atomic E-state index is 0.0199. The lowest BCUT2D eigenvalue weighted by atomic mass is 9.85. The van der Waals surface area contributed by atoms with Gasteiger partial charge < -0.3 is 15.5 Å². The Morgan fingerprint density at radius 3 is 2.47 bits per heavy atom. The molecule has 0 radical (unpaired) electrons. The van der Waals surface area contributed by atoms with E-state index in [-0.39, 0.29) is 23.9 Å². The number of carbonyl (C=O) groups excluding carboxylic acids is 2. The molecule has 2 aliphatic heterocycles. The van der Waals surface area contributed by atoms with Gasteiger partial charge in [-0.1, -0.05) is 23.7 Å². The number of hydrogen-bond donors (Lipinski definition) is 2. The molecule has 3 rings (SSSR count). The Bertz CT molecular complexity index is 751. The van der Waals surface area contributed by atoms with Crippen LogP contribution in [0, 0.1) is 5.92 Å². The van der Waals surface area contributed by atoms with Crippen molar-refractivity contribution in [2.45, 2.75) is 38.0 Å². The highest BCUT2D eigenvalue weighted by Crippen LogP contribution is 2.33. The van der Waals surface area contributed by atoms with Gasteiger partial charge in [0.2, 0.25) is 5.91 Å². The molecule has 30 heavy (non-hydrogen) atoms. The Balaban J connectivity index is 1.72. The summed E-state index contributed by atoms with van der Waals surface area (Å²) in [5.41, 5.74) is 0.844. The van der Waals surface area contributed by atoms with Crippen LogP contribution in [0.4, 0.5) is 18.0 Å². The number of piperazine rings is 1. The zero-order valence-electron chi connectivity index (χ0n) is 16.7. The first-order valence-electron chi connectivity index (χ1n) is 10.0. The van der Waals surface area contributed by atoms with Gasteiger partial charge in [0.1, 0.15) is 6.04 Å². The molecule has 2 aliphatic rings. The van der Waals surface area contributed by atoms with Crippen molar-refractivity contribution in [2.75, 3.05) is 32.7 Å². The van der Waals surface area contributed by atoms with E-state index in [1.807, 2.05) is 12.1 Å². The van der Waals surface area contributed by atoms with Crippen LogP contribution in [0.2, 0.25) is 5.02 Å². The van der Waals surface area contributed by atoms with Crippen LogP contribution in [-0.4, -0.2) is 66.7 Å². The van der Waals surface area contributed by atoms with Crippen LogP contribution in [0.25, 0.3) is 0 Å². The Labute approximate surface area is 178 Å². The quantitative estimate of drug-likeness (QED) is 0.746. The lowest BCUT2D eigenvalue weighted by Gasteiger charge is -2.39. The Morgan fingerprint density at radius 2 is 1.87 bits per heavy atom. The van der Waals surface area contributed by atoms with E-state index in [0.29, 0.717) is 44.0 Å². The molecule has 2 N–H and O–H groups in total. The lowest BCUT2D eigenvalue weighted by molar-refractivity contribution is -0.148. The summed E-state index contributed by atoms with van der Waals surface area (Å²) in [4.78, 5) is 27.7. The zero-order chi connectivity index (χ0) is 21.9. The van der Waals surface area contributed by atoms with Crippen molar-refractivity contribution >= 4 is 23.5 Å². The molecule has 0 bridgehead atoms. The van der Waals surface area contributed by atoms with Crippen LogP contribution >= 0.6 is 11.6 Å². The SMILES string of the molecule is C[C@@H]1C(=O)NCCN1C(=O)N[C@H](c1ccc(Cl)cc1)C1CCN(CC(F)(F)F)CC1. The topological polar surface area (TPSA) is 64.7 Å². The van der Waals surface area contributed by atoms with Crippen molar-refractivity contribution in [3.05, 3.63) is 34.9 Å². The molecular weight excluding hydrogens is 421 g/mol. The van der Waals surface area contributed by atoms with Gasteiger partial charge in [0.05, 0.1) is 12.6 Å². The summed E-state index contributed by atoms with van der Waals surface area (Å²) in [5, 5.41) is 6.31. The molecule has 1 aromatic carbocycles. The van der Waals surface area contributed by atoms with E-state index in [9.17, 15) is 22.8 Å². The number of halogens is 4. The van der Waals surface area contributed by atoms with Crippen molar-refractivity contribution in [3.63, 3.8) is 0 Å².